The second kappa shape index (κ2) is 7.84. The van der Waals surface area contributed by atoms with Crippen molar-refractivity contribution in [2.24, 2.45) is 0 Å². The van der Waals surface area contributed by atoms with Crippen molar-refractivity contribution in [2.45, 2.75) is 19.3 Å². The van der Waals surface area contributed by atoms with Crippen LogP contribution in [0.3, 0.4) is 0 Å². The average molecular weight is 379 g/mol. The van der Waals surface area contributed by atoms with Crippen LogP contribution < -0.4 is 19.5 Å². The fourth-order valence-corrected chi connectivity index (χ4v) is 3.59. The molecule has 1 aliphatic heterocycles. The minimum absolute atomic E-state index is 0.753. The van der Waals surface area contributed by atoms with Crippen LogP contribution in [0.25, 0.3) is 16.9 Å². The molecule has 0 atom stereocenters. The van der Waals surface area contributed by atoms with E-state index in [9.17, 15) is 0 Å². The molecule has 0 fully saturated rings. The van der Waals surface area contributed by atoms with E-state index < -0.39 is 0 Å². The fraction of sp³-hybridized carbons (Fsp3) is 0.318. The molecule has 3 aromatic rings. The predicted octanol–water partition coefficient (Wildman–Crippen LogP) is 4.31. The van der Waals surface area contributed by atoms with Gasteiger partial charge in [-0.05, 0) is 55.7 Å². The topological polar surface area (TPSA) is 57.5 Å². The molecule has 2 heterocycles. The summed E-state index contributed by atoms with van der Waals surface area (Å²) >= 11 is 0. The molecule has 0 saturated heterocycles. The van der Waals surface area contributed by atoms with Gasteiger partial charge >= 0.3 is 0 Å². The van der Waals surface area contributed by atoms with Crippen molar-refractivity contribution in [1.82, 2.24) is 9.78 Å². The third kappa shape index (κ3) is 3.38. The van der Waals surface area contributed by atoms with Crippen LogP contribution in [0.5, 0.6) is 17.2 Å². The second-order valence-electron chi connectivity index (χ2n) is 6.77. The van der Waals surface area contributed by atoms with Crippen LogP contribution in [0.15, 0.2) is 42.5 Å². The van der Waals surface area contributed by atoms with Gasteiger partial charge < -0.3 is 19.5 Å². The number of aromatic nitrogens is 2. The standard InChI is InChI=1S/C22H25N3O3/c1-26-17-9-7-16(8-10-17)25-22-20(6-4-5-11-23-22)21(24-25)15-12-18(27-2)14-19(13-15)28-3/h7-10,12-14,23H,4-6,11H2,1-3H3. The maximum atomic E-state index is 5.46. The Hall–Kier alpha value is -3.15. The van der Waals surface area contributed by atoms with Gasteiger partial charge in [0, 0.05) is 23.7 Å². The first kappa shape index (κ1) is 18.2. The van der Waals surface area contributed by atoms with Gasteiger partial charge in [0.15, 0.2) is 0 Å². The van der Waals surface area contributed by atoms with E-state index >= 15 is 0 Å². The lowest BCUT2D eigenvalue weighted by Gasteiger charge is -2.09. The Morgan fingerprint density at radius 1 is 0.857 bits per heavy atom. The van der Waals surface area contributed by atoms with Gasteiger partial charge in [0.25, 0.3) is 0 Å². The summed E-state index contributed by atoms with van der Waals surface area (Å²) in [4.78, 5) is 0. The number of benzene rings is 2. The monoisotopic (exact) mass is 379 g/mol. The van der Waals surface area contributed by atoms with E-state index in [1.165, 1.54) is 5.56 Å². The molecule has 0 amide bonds. The lowest BCUT2D eigenvalue weighted by Crippen LogP contribution is -2.07. The van der Waals surface area contributed by atoms with Gasteiger partial charge in [0.2, 0.25) is 0 Å². The third-order valence-corrected chi connectivity index (χ3v) is 5.07. The molecule has 28 heavy (non-hydrogen) atoms. The summed E-state index contributed by atoms with van der Waals surface area (Å²) in [7, 11) is 5.00. The summed E-state index contributed by atoms with van der Waals surface area (Å²) in [6.45, 7) is 0.940. The Labute approximate surface area is 165 Å². The van der Waals surface area contributed by atoms with Crippen LogP contribution in [-0.4, -0.2) is 37.7 Å². The maximum absolute atomic E-state index is 5.46. The highest BCUT2D eigenvalue weighted by Crippen LogP contribution is 2.37. The lowest BCUT2D eigenvalue weighted by atomic mass is 10.0. The minimum atomic E-state index is 0.753. The van der Waals surface area contributed by atoms with Crippen molar-refractivity contribution in [3.63, 3.8) is 0 Å². The molecule has 1 aromatic heterocycles. The number of nitrogens with one attached hydrogen (secondary N) is 1. The summed E-state index contributed by atoms with van der Waals surface area (Å²) in [5.41, 5.74) is 4.16. The molecule has 6 heteroatoms. The van der Waals surface area contributed by atoms with Gasteiger partial charge in [-0.1, -0.05) is 0 Å². The first-order valence-corrected chi connectivity index (χ1v) is 9.47. The first-order valence-electron chi connectivity index (χ1n) is 9.47. The predicted molar refractivity (Wildman–Crippen MR) is 110 cm³/mol. The lowest BCUT2D eigenvalue weighted by molar-refractivity contribution is 0.394. The Bertz CT molecular complexity index is 942. The summed E-state index contributed by atoms with van der Waals surface area (Å²) in [6.07, 6.45) is 3.24. The molecular weight excluding hydrogens is 354 g/mol. The Morgan fingerprint density at radius 2 is 1.54 bits per heavy atom. The van der Waals surface area contributed by atoms with Crippen molar-refractivity contribution in [2.75, 3.05) is 33.2 Å². The van der Waals surface area contributed by atoms with Crippen LogP contribution in [0.2, 0.25) is 0 Å². The fourth-order valence-electron chi connectivity index (χ4n) is 3.59. The molecule has 4 rings (SSSR count). The number of nitrogens with zero attached hydrogens (tertiary/aromatic N) is 2. The van der Waals surface area contributed by atoms with Gasteiger partial charge in [0.1, 0.15) is 23.1 Å². The molecule has 0 saturated carbocycles. The van der Waals surface area contributed by atoms with Crippen LogP contribution in [0.1, 0.15) is 18.4 Å². The van der Waals surface area contributed by atoms with Gasteiger partial charge in [-0.25, -0.2) is 4.68 Å². The van der Waals surface area contributed by atoms with E-state index in [1.54, 1.807) is 21.3 Å². The molecule has 146 valence electrons. The molecule has 2 aromatic carbocycles. The van der Waals surface area contributed by atoms with Gasteiger partial charge in [-0.15, -0.1) is 0 Å². The molecular formula is C22H25N3O3. The van der Waals surface area contributed by atoms with Crippen LogP contribution in [0.4, 0.5) is 5.82 Å². The normalized spacial score (nSPS) is 13.2. The van der Waals surface area contributed by atoms with Crippen LogP contribution in [-0.2, 0) is 6.42 Å². The molecule has 0 unspecified atom stereocenters. The van der Waals surface area contributed by atoms with E-state index in [1.807, 2.05) is 47.1 Å². The quantitative estimate of drug-likeness (QED) is 0.716. The number of anilines is 1. The number of hydrogen-bond acceptors (Lipinski definition) is 5. The summed E-state index contributed by atoms with van der Waals surface area (Å²) in [5.74, 6) is 3.39. The van der Waals surface area contributed by atoms with E-state index in [0.29, 0.717) is 0 Å². The van der Waals surface area contributed by atoms with Crippen molar-refractivity contribution in [3.05, 3.63) is 48.0 Å². The zero-order valence-electron chi connectivity index (χ0n) is 16.5. The summed E-state index contributed by atoms with van der Waals surface area (Å²) in [6, 6.07) is 13.8. The van der Waals surface area contributed by atoms with Gasteiger partial charge in [-0.3, -0.25) is 0 Å². The summed E-state index contributed by atoms with van der Waals surface area (Å²) in [5, 5.41) is 8.56. The SMILES string of the molecule is COc1ccc(-n2nc(-c3cc(OC)cc(OC)c3)c3c2NCCCC3)cc1. The third-order valence-electron chi connectivity index (χ3n) is 5.07. The number of ether oxygens (including phenoxy) is 3. The molecule has 0 aliphatic carbocycles. The maximum Gasteiger partial charge on any atom is 0.133 e. The average Bonchev–Trinajstić information content (AvgIpc) is 2.94. The first-order chi connectivity index (χ1) is 13.7. The zero-order chi connectivity index (χ0) is 19.5. The van der Waals surface area contributed by atoms with E-state index in [-0.39, 0.29) is 0 Å². The van der Waals surface area contributed by atoms with E-state index in [4.69, 9.17) is 19.3 Å². The molecule has 6 nitrogen and oxygen atoms in total. The second-order valence-corrected chi connectivity index (χ2v) is 6.77. The highest BCUT2D eigenvalue weighted by molar-refractivity contribution is 5.73. The van der Waals surface area contributed by atoms with E-state index in [0.717, 1.165) is 65.8 Å². The van der Waals surface area contributed by atoms with Crippen molar-refractivity contribution in [3.8, 4) is 34.2 Å². The highest BCUT2D eigenvalue weighted by Gasteiger charge is 2.22. The van der Waals surface area contributed by atoms with E-state index in [2.05, 4.69) is 5.32 Å². The van der Waals surface area contributed by atoms with Crippen LogP contribution >= 0.6 is 0 Å². The molecule has 0 spiro atoms. The zero-order valence-corrected chi connectivity index (χ0v) is 16.5. The van der Waals surface area contributed by atoms with Crippen molar-refractivity contribution in [1.29, 1.82) is 0 Å². The Kier molecular flexibility index (Phi) is 5.10. The Balaban J connectivity index is 1.87. The highest BCUT2D eigenvalue weighted by atomic mass is 16.5. The largest absolute Gasteiger partial charge is 0.497 e. The number of fused-ring (bicyclic) bond motifs is 1. The van der Waals surface area contributed by atoms with Gasteiger partial charge in [0.05, 0.1) is 32.7 Å². The smallest absolute Gasteiger partial charge is 0.133 e. The minimum Gasteiger partial charge on any atom is -0.497 e. The number of rotatable bonds is 5. The Morgan fingerprint density at radius 3 is 2.18 bits per heavy atom. The van der Waals surface area contributed by atoms with Gasteiger partial charge in [-0.2, -0.15) is 5.10 Å². The molecule has 0 radical (unpaired) electrons. The van der Waals surface area contributed by atoms with Crippen molar-refractivity contribution < 1.29 is 14.2 Å². The molecule has 1 N–H and O–H groups in total. The van der Waals surface area contributed by atoms with Crippen LogP contribution in [0, 0.1) is 0 Å². The molecule has 0 bridgehead atoms. The van der Waals surface area contributed by atoms with Crippen molar-refractivity contribution >= 4 is 5.82 Å². The number of hydrogen-bond donors (Lipinski definition) is 1. The number of methoxy groups -OCH3 is 3. The molecule has 1 aliphatic rings. The summed E-state index contributed by atoms with van der Waals surface area (Å²) < 4.78 is 18.2.